The zero-order valence-corrected chi connectivity index (χ0v) is 10.6. The third-order valence-electron chi connectivity index (χ3n) is 2.47. The van der Waals surface area contributed by atoms with Gasteiger partial charge in [-0.05, 0) is 16.9 Å². The molecule has 0 N–H and O–H groups in total. The lowest BCUT2D eigenvalue weighted by atomic mass is 9.79. The second-order valence-corrected chi connectivity index (χ2v) is 6.19. The van der Waals surface area contributed by atoms with Gasteiger partial charge in [0.15, 0.2) is 5.78 Å². The SMILES string of the molecule is C[C@@H](C(=O)C=CC(C)(C)C)C(C)(C)C. The van der Waals surface area contributed by atoms with Gasteiger partial charge in [0.2, 0.25) is 0 Å². The smallest absolute Gasteiger partial charge is 0.158 e. The Balaban J connectivity index is 4.45. The van der Waals surface area contributed by atoms with Crippen LogP contribution < -0.4 is 0 Å². The summed E-state index contributed by atoms with van der Waals surface area (Å²) in [7, 11) is 0. The Hall–Kier alpha value is -0.590. The number of hydrogen-bond donors (Lipinski definition) is 0. The summed E-state index contributed by atoms with van der Waals surface area (Å²) < 4.78 is 0. The Morgan fingerprint density at radius 3 is 1.79 bits per heavy atom. The van der Waals surface area contributed by atoms with Gasteiger partial charge in [-0.2, -0.15) is 0 Å². The number of rotatable bonds is 2. The minimum atomic E-state index is 0.0549. The predicted octanol–water partition coefficient (Wildman–Crippen LogP) is 3.84. The molecular formula is C13H24O. The Kier molecular flexibility index (Phi) is 4.11. The molecular weight excluding hydrogens is 172 g/mol. The van der Waals surface area contributed by atoms with Crippen molar-refractivity contribution in [1.29, 1.82) is 0 Å². The molecule has 14 heavy (non-hydrogen) atoms. The van der Waals surface area contributed by atoms with E-state index in [1.165, 1.54) is 0 Å². The van der Waals surface area contributed by atoms with Crippen LogP contribution in [0.2, 0.25) is 0 Å². The van der Waals surface area contributed by atoms with Crippen LogP contribution in [0.5, 0.6) is 0 Å². The summed E-state index contributed by atoms with van der Waals surface area (Å²) in [5.74, 6) is 0.313. The van der Waals surface area contributed by atoms with Crippen LogP contribution >= 0.6 is 0 Å². The molecule has 0 rings (SSSR count). The molecule has 0 bridgehead atoms. The Morgan fingerprint density at radius 2 is 1.50 bits per heavy atom. The molecule has 0 aliphatic carbocycles. The third-order valence-corrected chi connectivity index (χ3v) is 2.47. The van der Waals surface area contributed by atoms with Crippen LogP contribution in [0.3, 0.4) is 0 Å². The summed E-state index contributed by atoms with van der Waals surface area (Å²) in [5, 5.41) is 0. The highest BCUT2D eigenvalue weighted by atomic mass is 16.1. The van der Waals surface area contributed by atoms with E-state index in [0.29, 0.717) is 0 Å². The molecule has 0 unspecified atom stereocenters. The van der Waals surface area contributed by atoms with Crippen molar-refractivity contribution in [2.24, 2.45) is 16.7 Å². The fraction of sp³-hybridized carbons (Fsp3) is 0.769. The molecule has 0 aliphatic heterocycles. The molecule has 0 aromatic heterocycles. The predicted molar refractivity (Wildman–Crippen MR) is 62.2 cm³/mol. The van der Waals surface area contributed by atoms with Gasteiger partial charge in [0.1, 0.15) is 0 Å². The van der Waals surface area contributed by atoms with Gasteiger partial charge in [-0.1, -0.05) is 54.5 Å². The average Bonchev–Trinajstić information content (AvgIpc) is 1.95. The van der Waals surface area contributed by atoms with Gasteiger partial charge in [0.05, 0.1) is 0 Å². The molecule has 0 aromatic carbocycles. The van der Waals surface area contributed by atoms with Crippen molar-refractivity contribution >= 4 is 5.78 Å². The number of hydrogen-bond acceptors (Lipinski definition) is 1. The average molecular weight is 196 g/mol. The highest BCUT2D eigenvalue weighted by Crippen LogP contribution is 2.27. The zero-order chi connectivity index (χ0) is 11.6. The van der Waals surface area contributed by atoms with E-state index in [-0.39, 0.29) is 22.5 Å². The van der Waals surface area contributed by atoms with Gasteiger partial charge in [0, 0.05) is 5.92 Å². The van der Waals surface area contributed by atoms with Crippen molar-refractivity contribution in [3.63, 3.8) is 0 Å². The Labute approximate surface area is 88.6 Å². The maximum Gasteiger partial charge on any atom is 0.158 e. The molecule has 0 heterocycles. The van der Waals surface area contributed by atoms with Gasteiger partial charge in [-0.15, -0.1) is 0 Å². The topological polar surface area (TPSA) is 17.1 Å². The summed E-state index contributed by atoms with van der Waals surface area (Å²) in [5.41, 5.74) is 0.145. The molecule has 0 saturated heterocycles. The van der Waals surface area contributed by atoms with Gasteiger partial charge < -0.3 is 0 Å². The van der Waals surface area contributed by atoms with Crippen LogP contribution in [0, 0.1) is 16.7 Å². The highest BCUT2D eigenvalue weighted by Gasteiger charge is 2.25. The van der Waals surface area contributed by atoms with Crippen molar-refractivity contribution in [3.05, 3.63) is 12.2 Å². The summed E-state index contributed by atoms with van der Waals surface area (Å²) in [6, 6.07) is 0. The number of carbonyl (C=O) groups excluding carboxylic acids is 1. The van der Waals surface area contributed by atoms with Crippen LogP contribution in [-0.2, 0) is 4.79 Å². The molecule has 1 nitrogen and oxygen atoms in total. The number of ketones is 1. The lowest BCUT2D eigenvalue weighted by Gasteiger charge is -2.25. The maximum absolute atomic E-state index is 11.7. The van der Waals surface area contributed by atoms with Crippen molar-refractivity contribution in [3.8, 4) is 0 Å². The van der Waals surface area contributed by atoms with E-state index in [1.807, 2.05) is 13.0 Å². The molecule has 0 aliphatic rings. The normalized spacial score (nSPS) is 15.9. The molecule has 1 atom stereocenters. The van der Waals surface area contributed by atoms with Crippen LogP contribution in [0.4, 0.5) is 0 Å². The summed E-state index contributed by atoms with van der Waals surface area (Å²) >= 11 is 0. The maximum atomic E-state index is 11.7. The quantitative estimate of drug-likeness (QED) is 0.613. The summed E-state index contributed by atoms with van der Waals surface area (Å²) in [6.07, 6.45) is 3.72. The zero-order valence-electron chi connectivity index (χ0n) is 10.6. The Bertz CT molecular complexity index is 223. The molecule has 0 saturated carbocycles. The van der Waals surface area contributed by atoms with Crippen molar-refractivity contribution < 1.29 is 4.79 Å². The lowest BCUT2D eigenvalue weighted by Crippen LogP contribution is -2.24. The number of allylic oxidation sites excluding steroid dienone is 2. The molecule has 0 amide bonds. The molecule has 0 aromatic rings. The van der Waals surface area contributed by atoms with Crippen LogP contribution in [0.15, 0.2) is 12.2 Å². The van der Waals surface area contributed by atoms with Crippen LogP contribution in [-0.4, -0.2) is 5.78 Å². The van der Waals surface area contributed by atoms with Crippen molar-refractivity contribution in [2.45, 2.75) is 48.5 Å². The lowest BCUT2D eigenvalue weighted by molar-refractivity contribution is -0.120. The van der Waals surface area contributed by atoms with Gasteiger partial charge >= 0.3 is 0 Å². The van der Waals surface area contributed by atoms with E-state index in [4.69, 9.17) is 0 Å². The molecule has 0 radical (unpaired) electrons. The fourth-order valence-corrected chi connectivity index (χ4v) is 0.903. The van der Waals surface area contributed by atoms with E-state index in [2.05, 4.69) is 41.5 Å². The van der Waals surface area contributed by atoms with E-state index < -0.39 is 0 Å². The fourth-order valence-electron chi connectivity index (χ4n) is 0.903. The second-order valence-electron chi connectivity index (χ2n) is 6.19. The van der Waals surface area contributed by atoms with Crippen molar-refractivity contribution in [2.75, 3.05) is 0 Å². The van der Waals surface area contributed by atoms with E-state index in [9.17, 15) is 4.79 Å². The first-order valence-electron chi connectivity index (χ1n) is 5.27. The summed E-state index contributed by atoms with van der Waals surface area (Å²) in [6.45, 7) is 14.6. The van der Waals surface area contributed by atoms with Crippen LogP contribution in [0.1, 0.15) is 48.5 Å². The first-order chi connectivity index (χ1) is 6.04. The van der Waals surface area contributed by atoms with Gasteiger partial charge in [-0.25, -0.2) is 0 Å². The highest BCUT2D eigenvalue weighted by molar-refractivity contribution is 5.92. The second kappa shape index (κ2) is 4.29. The Morgan fingerprint density at radius 1 is 1.07 bits per heavy atom. The van der Waals surface area contributed by atoms with Crippen molar-refractivity contribution in [1.82, 2.24) is 0 Å². The molecule has 82 valence electrons. The minimum absolute atomic E-state index is 0.0549. The monoisotopic (exact) mass is 196 g/mol. The van der Waals surface area contributed by atoms with E-state index >= 15 is 0 Å². The van der Waals surface area contributed by atoms with E-state index in [0.717, 1.165) is 0 Å². The standard InChI is InChI=1S/C13H24O/c1-10(13(5,6)7)11(14)8-9-12(2,3)4/h8-10H,1-7H3/t10-/m0/s1. The first-order valence-corrected chi connectivity index (χ1v) is 5.27. The minimum Gasteiger partial charge on any atom is -0.295 e. The van der Waals surface area contributed by atoms with Gasteiger partial charge in [-0.3, -0.25) is 4.79 Å². The van der Waals surface area contributed by atoms with E-state index in [1.54, 1.807) is 6.08 Å². The molecule has 0 spiro atoms. The summed E-state index contributed by atoms with van der Waals surface area (Å²) in [4.78, 5) is 11.7. The molecule has 1 heteroatoms. The number of carbonyl (C=O) groups is 1. The first kappa shape index (κ1) is 13.4. The molecule has 0 fully saturated rings. The van der Waals surface area contributed by atoms with Crippen LogP contribution in [0.25, 0.3) is 0 Å². The largest absolute Gasteiger partial charge is 0.295 e. The van der Waals surface area contributed by atoms with Gasteiger partial charge in [0.25, 0.3) is 0 Å². The third kappa shape index (κ3) is 5.21.